The van der Waals surface area contributed by atoms with Crippen molar-refractivity contribution in [3.05, 3.63) is 136 Å². The molecule has 4 aliphatic rings. The van der Waals surface area contributed by atoms with Crippen molar-refractivity contribution in [2.24, 2.45) is 23.7 Å². The molecular formula is C40H27ClF7N3O5. The highest BCUT2D eigenvalue weighted by Gasteiger charge is 2.70. The number of nitrogens with zero attached hydrogens (tertiary/aromatic N) is 2. The molecule has 16 heteroatoms. The zero-order chi connectivity index (χ0) is 40.1. The summed E-state index contributed by atoms with van der Waals surface area (Å²) in [5.74, 6) is -10.7. The first-order chi connectivity index (χ1) is 26.4. The van der Waals surface area contributed by atoms with Gasteiger partial charge >= 0.3 is 12.4 Å². The summed E-state index contributed by atoms with van der Waals surface area (Å²) in [4.78, 5) is 58.6. The molecular weight excluding hydrogens is 771 g/mol. The number of rotatable bonds is 5. The fraction of sp³-hybridized carbons (Fsp3) is 0.250. The van der Waals surface area contributed by atoms with Gasteiger partial charge in [0.05, 0.1) is 45.7 Å². The van der Waals surface area contributed by atoms with Crippen LogP contribution in [0.5, 0.6) is 5.75 Å². The van der Waals surface area contributed by atoms with Crippen molar-refractivity contribution in [3.63, 3.8) is 0 Å². The highest BCUT2D eigenvalue weighted by atomic mass is 35.5. The number of carbonyl (C=O) groups is 4. The van der Waals surface area contributed by atoms with Crippen LogP contribution >= 0.6 is 11.6 Å². The Morgan fingerprint density at radius 2 is 1.39 bits per heavy atom. The van der Waals surface area contributed by atoms with Crippen LogP contribution in [0, 0.1) is 29.5 Å². The van der Waals surface area contributed by atoms with Gasteiger partial charge in [0.2, 0.25) is 11.8 Å². The number of allylic oxidation sites excluding steroid dienone is 2. The zero-order valence-electron chi connectivity index (χ0n) is 28.5. The number of benzene rings is 4. The van der Waals surface area contributed by atoms with E-state index >= 15 is 4.79 Å². The molecule has 0 radical (unpaired) electrons. The van der Waals surface area contributed by atoms with Gasteiger partial charge in [-0.2, -0.15) is 31.4 Å². The number of hydrogen-bond donors (Lipinski definition) is 2. The number of halogens is 8. The van der Waals surface area contributed by atoms with Gasteiger partial charge in [0.25, 0.3) is 11.8 Å². The Hall–Kier alpha value is -5.70. The lowest BCUT2D eigenvalue weighted by Crippen LogP contribution is -2.53. The van der Waals surface area contributed by atoms with Crippen LogP contribution < -0.4 is 10.3 Å². The lowest BCUT2D eigenvalue weighted by molar-refractivity contribution is -0.143. The molecule has 2 aliphatic carbocycles. The number of fused-ring (bicyclic) bond motifs is 4. The van der Waals surface area contributed by atoms with Crippen molar-refractivity contribution in [2.45, 2.75) is 36.5 Å². The minimum absolute atomic E-state index is 0.107. The Kier molecular flexibility index (Phi) is 8.60. The van der Waals surface area contributed by atoms with E-state index in [-0.39, 0.29) is 35.9 Å². The number of anilines is 2. The first-order valence-electron chi connectivity index (χ1n) is 17.2. The summed E-state index contributed by atoms with van der Waals surface area (Å²) in [7, 11) is 0. The average Bonchev–Trinajstić information content (AvgIpc) is 3.53. The van der Waals surface area contributed by atoms with Crippen molar-refractivity contribution < 1.29 is 55.0 Å². The van der Waals surface area contributed by atoms with Crippen molar-refractivity contribution in [2.75, 3.05) is 10.3 Å². The van der Waals surface area contributed by atoms with E-state index in [1.165, 1.54) is 42.5 Å². The Morgan fingerprint density at radius 3 is 2.00 bits per heavy atom. The van der Waals surface area contributed by atoms with E-state index < -0.39 is 93.6 Å². The van der Waals surface area contributed by atoms with Crippen LogP contribution in [0.1, 0.15) is 41.0 Å². The maximum Gasteiger partial charge on any atom is 0.416 e. The lowest BCUT2D eigenvalue weighted by Gasteiger charge is -2.50. The van der Waals surface area contributed by atoms with Crippen LogP contribution in [0.3, 0.4) is 0 Å². The molecule has 2 aliphatic heterocycles. The van der Waals surface area contributed by atoms with E-state index in [2.05, 4.69) is 5.43 Å². The number of aromatic hydroxyl groups is 1. The molecule has 2 saturated heterocycles. The average molecular weight is 798 g/mol. The van der Waals surface area contributed by atoms with Crippen LogP contribution in [0.25, 0.3) is 0 Å². The second kappa shape index (κ2) is 12.9. The number of amides is 4. The fourth-order valence-electron chi connectivity index (χ4n) is 9.05. The first-order valence-corrected chi connectivity index (χ1v) is 17.6. The smallest absolute Gasteiger partial charge is 0.416 e. The molecule has 0 unspecified atom stereocenters. The van der Waals surface area contributed by atoms with Gasteiger partial charge < -0.3 is 5.11 Å². The number of phenols is 1. The number of alkyl halides is 6. The number of carbonyl (C=O) groups excluding carboxylic acids is 4. The predicted molar refractivity (Wildman–Crippen MR) is 186 cm³/mol. The summed E-state index contributed by atoms with van der Waals surface area (Å²) >= 11 is 6.26. The van der Waals surface area contributed by atoms with Crippen LogP contribution in [0.15, 0.2) is 103 Å². The minimum atomic E-state index is -5.26. The standard InChI is InChI=1S/C40H27ClF7N3O5/c41-22-7-5-19(6-8-22)38-30(35(54)51(37(38)56)49-24-11-9-23(42)10-12-24)18-29-26(33(38)27-3-1-2-4-31(27)52)13-14-28-32(29)36(55)50(34(28)53)25-16-20(39(43,44)45)15-21(17-25)40(46,47)48/h1-13,15-17,28-30,32-33,49,52H,14,18H2/t28-,29+,30-,32-,33+,38+/m0/s1. The normalized spacial score (nSPS) is 26.2. The van der Waals surface area contributed by atoms with Gasteiger partial charge in [0.15, 0.2) is 0 Å². The molecule has 1 saturated carbocycles. The van der Waals surface area contributed by atoms with Crippen LogP contribution in [-0.4, -0.2) is 33.7 Å². The summed E-state index contributed by atoms with van der Waals surface area (Å²) in [5, 5.41) is 12.5. The van der Waals surface area contributed by atoms with Crippen molar-refractivity contribution in [1.29, 1.82) is 0 Å². The summed E-state index contributed by atoms with van der Waals surface area (Å²) in [5.41, 5.74) is -2.40. The number of hydrazine groups is 1. The molecule has 0 aromatic heterocycles. The highest BCUT2D eigenvalue weighted by molar-refractivity contribution is 6.30. The molecule has 0 spiro atoms. The molecule has 8 rings (SSSR count). The molecule has 8 nitrogen and oxygen atoms in total. The third-order valence-electron chi connectivity index (χ3n) is 11.3. The fourth-order valence-corrected chi connectivity index (χ4v) is 9.18. The molecule has 4 amide bonds. The Morgan fingerprint density at radius 1 is 0.768 bits per heavy atom. The summed E-state index contributed by atoms with van der Waals surface area (Å²) in [6, 6.07) is 17.5. The van der Waals surface area contributed by atoms with E-state index in [0.29, 0.717) is 33.2 Å². The van der Waals surface area contributed by atoms with Gasteiger partial charge in [-0.3, -0.25) is 24.6 Å². The van der Waals surface area contributed by atoms with Gasteiger partial charge in [-0.15, -0.1) is 0 Å². The second-order valence-electron chi connectivity index (χ2n) is 14.2. The SMILES string of the molecule is O=C1[C@@H]2C[C@@H]3C(=CC[C@@H]4C(=O)N(c5cc(C(F)(F)F)cc(C(F)(F)F)c5)C(=O)[C@@H]43)[C@H](c3ccccc3O)[C@]2(c2ccc(Cl)cc2)C(=O)N1Nc1ccc(F)cc1. The third kappa shape index (κ3) is 5.65. The highest BCUT2D eigenvalue weighted by Crippen LogP contribution is 2.65. The Bertz CT molecular complexity index is 2320. The Balaban J connectivity index is 1.30. The van der Waals surface area contributed by atoms with E-state index in [1.807, 2.05) is 0 Å². The molecule has 4 aromatic rings. The molecule has 2 N–H and O–H groups in total. The molecule has 4 aromatic carbocycles. The molecule has 56 heavy (non-hydrogen) atoms. The molecule has 2 heterocycles. The van der Waals surface area contributed by atoms with E-state index in [1.54, 1.807) is 24.3 Å². The lowest BCUT2D eigenvalue weighted by atomic mass is 9.49. The van der Waals surface area contributed by atoms with E-state index in [4.69, 9.17) is 11.6 Å². The van der Waals surface area contributed by atoms with Crippen molar-refractivity contribution in [3.8, 4) is 5.75 Å². The maximum atomic E-state index is 15.1. The Labute approximate surface area is 318 Å². The first kappa shape index (κ1) is 37.2. The third-order valence-corrected chi connectivity index (χ3v) is 11.6. The minimum Gasteiger partial charge on any atom is -0.508 e. The van der Waals surface area contributed by atoms with Gasteiger partial charge in [0, 0.05) is 16.5 Å². The summed E-state index contributed by atoms with van der Waals surface area (Å²) in [6.07, 6.45) is -9.38. The van der Waals surface area contributed by atoms with Crippen LogP contribution in [0.4, 0.5) is 42.1 Å². The number of imide groups is 2. The largest absolute Gasteiger partial charge is 0.508 e. The molecule has 0 bridgehead atoms. The van der Waals surface area contributed by atoms with Gasteiger partial charge in [0.1, 0.15) is 11.6 Å². The van der Waals surface area contributed by atoms with Crippen molar-refractivity contribution in [1.82, 2.24) is 5.01 Å². The summed E-state index contributed by atoms with van der Waals surface area (Å²) in [6.45, 7) is 0. The predicted octanol–water partition coefficient (Wildman–Crippen LogP) is 8.41. The summed E-state index contributed by atoms with van der Waals surface area (Å²) < 4.78 is 97.1. The monoisotopic (exact) mass is 797 g/mol. The van der Waals surface area contributed by atoms with Gasteiger partial charge in [-0.05, 0) is 85.0 Å². The second-order valence-corrected chi connectivity index (χ2v) is 14.6. The van der Waals surface area contributed by atoms with Crippen LogP contribution in [0.2, 0.25) is 5.02 Å². The zero-order valence-corrected chi connectivity index (χ0v) is 29.3. The number of nitrogens with one attached hydrogen (secondary N) is 1. The van der Waals surface area contributed by atoms with E-state index in [0.717, 1.165) is 17.1 Å². The number of para-hydroxylation sites is 1. The molecule has 288 valence electrons. The molecule has 6 atom stereocenters. The quantitative estimate of drug-likeness (QED) is 0.119. The number of phenolic OH excluding ortho intramolecular Hbond substituents is 1. The van der Waals surface area contributed by atoms with Gasteiger partial charge in [-0.1, -0.05) is 53.6 Å². The maximum absolute atomic E-state index is 15.1. The van der Waals surface area contributed by atoms with Crippen LogP contribution in [-0.2, 0) is 36.9 Å². The van der Waals surface area contributed by atoms with E-state index in [9.17, 15) is 50.2 Å². The molecule has 3 fully saturated rings. The van der Waals surface area contributed by atoms with Gasteiger partial charge in [-0.25, -0.2) is 9.29 Å². The topological polar surface area (TPSA) is 107 Å². The van der Waals surface area contributed by atoms with Crippen molar-refractivity contribution >= 4 is 46.6 Å². The number of hydrogen-bond acceptors (Lipinski definition) is 6.